The van der Waals surface area contributed by atoms with Gasteiger partial charge in [-0.2, -0.15) is 0 Å². The standard InChI is InChI=1S/C16H21NO2/c18-14-5-1-11(2-6-14)9-12-3-7-15-13(10-12)4-8-16(19)17-15/h1-2,5-6,12-13,15,18H,3-4,7-10H2,(H,17,19). The van der Waals surface area contributed by atoms with Crippen LogP contribution in [0.1, 0.15) is 37.7 Å². The van der Waals surface area contributed by atoms with Crippen molar-refractivity contribution in [2.45, 2.75) is 44.6 Å². The zero-order chi connectivity index (χ0) is 13.2. The van der Waals surface area contributed by atoms with Crippen LogP contribution in [0.15, 0.2) is 24.3 Å². The van der Waals surface area contributed by atoms with Crippen molar-refractivity contribution in [2.75, 3.05) is 0 Å². The molecule has 1 amide bonds. The Kier molecular flexibility index (Phi) is 3.45. The number of hydrogen-bond acceptors (Lipinski definition) is 2. The molecule has 102 valence electrons. The number of carbonyl (C=O) groups is 1. The van der Waals surface area contributed by atoms with Crippen molar-refractivity contribution in [2.24, 2.45) is 11.8 Å². The Balaban J connectivity index is 1.59. The number of phenolic OH excluding ortho intramolecular Hbond substituents is 1. The second-order valence-corrected chi connectivity index (χ2v) is 6.02. The highest BCUT2D eigenvalue weighted by Crippen LogP contribution is 2.36. The molecule has 1 aromatic rings. The SMILES string of the molecule is O=C1CCC2CC(Cc3ccc(O)cc3)CCC2N1. The van der Waals surface area contributed by atoms with Crippen LogP contribution in [0.5, 0.6) is 5.75 Å². The number of nitrogens with one attached hydrogen (secondary N) is 1. The van der Waals surface area contributed by atoms with Crippen molar-refractivity contribution < 1.29 is 9.90 Å². The number of hydrogen-bond donors (Lipinski definition) is 2. The molecule has 2 aliphatic rings. The highest BCUT2D eigenvalue weighted by atomic mass is 16.3. The van der Waals surface area contributed by atoms with E-state index in [1.165, 1.54) is 18.4 Å². The van der Waals surface area contributed by atoms with Crippen molar-refractivity contribution in [3.05, 3.63) is 29.8 Å². The van der Waals surface area contributed by atoms with E-state index in [2.05, 4.69) is 5.32 Å². The van der Waals surface area contributed by atoms with Crippen LogP contribution >= 0.6 is 0 Å². The monoisotopic (exact) mass is 259 g/mol. The Morgan fingerprint density at radius 1 is 1.16 bits per heavy atom. The topological polar surface area (TPSA) is 49.3 Å². The zero-order valence-corrected chi connectivity index (χ0v) is 11.1. The molecule has 0 aromatic heterocycles. The van der Waals surface area contributed by atoms with Gasteiger partial charge in [0.1, 0.15) is 5.75 Å². The summed E-state index contributed by atoms with van der Waals surface area (Å²) in [5.41, 5.74) is 1.31. The van der Waals surface area contributed by atoms with Crippen LogP contribution in [0.3, 0.4) is 0 Å². The van der Waals surface area contributed by atoms with E-state index in [9.17, 15) is 9.90 Å². The molecule has 2 fully saturated rings. The first-order valence-corrected chi connectivity index (χ1v) is 7.28. The first-order valence-electron chi connectivity index (χ1n) is 7.28. The van der Waals surface area contributed by atoms with Crippen molar-refractivity contribution in [3.8, 4) is 5.75 Å². The number of phenols is 1. The molecule has 1 aliphatic carbocycles. The van der Waals surface area contributed by atoms with Gasteiger partial charge in [-0.3, -0.25) is 4.79 Å². The highest BCUT2D eigenvalue weighted by molar-refractivity contribution is 5.77. The van der Waals surface area contributed by atoms with Gasteiger partial charge in [-0.15, -0.1) is 0 Å². The smallest absolute Gasteiger partial charge is 0.220 e. The fraction of sp³-hybridized carbons (Fsp3) is 0.562. The third kappa shape index (κ3) is 2.91. The summed E-state index contributed by atoms with van der Waals surface area (Å²) >= 11 is 0. The van der Waals surface area contributed by atoms with E-state index in [4.69, 9.17) is 0 Å². The van der Waals surface area contributed by atoms with Gasteiger partial charge in [0.2, 0.25) is 5.91 Å². The van der Waals surface area contributed by atoms with Gasteiger partial charge in [-0.1, -0.05) is 12.1 Å². The molecular formula is C16H21NO2. The predicted molar refractivity (Wildman–Crippen MR) is 73.8 cm³/mol. The van der Waals surface area contributed by atoms with Gasteiger partial charge >= 0.3 is 0 Å². The van der Waals surface area contributed by atoms with Crippen LogP contribution in [0.2, 0.25) is 0 Å². The van der Waals surface area contributed by atoms with Crippen molar-refractivity contribution in [1.29, 1.82) is 0 Å². The average molecular weight is 259 g/mol. The zero-order valence-electron chi connectivity index (χ0n) is 11.1. The lowest BCUT2D eigenvalue weighted by molar-refractivity contribution is -0.125. The number of rotatable bonds is 2. The van der Waals surface area contributed by atoms with Gasteiger partial charge in [-0.25, -0.2) is 0 Å². The van der Waals surface area contributed by atoms with Gasteiger partial charge in [0.25, 0.3) is 0 Å². The Bertz CT molecular complexity index is 454. The van der Waals surface area contributed by atoms with Crippen molar-refractivity contribution >= 4 is 5.91 Å². The van der Waals surface area contributed by atoms with E-state index >= 15 is 0 Å². The molecule has 3 heteroatoms. The van der Waals surface area contributed by atoms with Gasteiger partial charge < -0.3 is 10.4 Å². The van der Waals surface area contributed by atoms with Crippen LogP contribution in [-0.2, 0) is 11.2 Å². The first-order chi connectivity index (χ1) is 9.20. The third-order valence-corrected chi connectivity index (χ3v) is 4.64. The Morgan fingerprint density at radius 2 is 1.95 bits per heavy atom. The summed E-state index contributed by atoms with van der Waals surface area (Å²) in [4.78, 5) is 11.4. The molecule has 0 radical (unpaired) electrons. The quantitative estimate of drug-likeness (QED) is 0.857. The molecular weight excluding hydrogens is 238 g/mol. The number of amides is 1. The van der Waals surface area contributed by atoms with E-state index in [0.717, 1.165) is 25.2 Å². The molecule has 1 heterocycles. The Labute approximate surface area is 114 Å². The van der Waals surface area contributed by atoms with Crippen LogP contribution in [-0.4, -0.2) is 17.1 Å². The molecule has 1 saturated heterocycles. The summed E-state index contributed by atoms with van der Waals surface area (Å²) in [6, 6.07) is 8.00. The summed E-state index contributed by atoms with van der Waals surface area (Å²) in [5, 5.41) is 12.4. The molecule has 19 heavy (non-hydrogen) atoms. The van der Waals surface area contributed by atoms with E-state index in [-0.39, 0.29) is 5.91 Å². The highest BCUT2D eigenvalue weighted by Gasteiger charge is 2.34. The van der Waals surface area contributed by atoms with Gasteiger partial charge in [0.15, 0.2) is 0 Å². The molecule has 3 atom stereocenters. The number of aromatic hydroxyl groups is 1. The minimum Gasteiger partial charge on any atom is -0.508 e. The molecule has 0 bridgehead atoms. The maximum Gasteiger partial charge on any atom is 0.220 e. The van der Waals surface area contributed by atoms with Crippen LogP contribution < -0.4 is 5.32 Å². The van der Waals surface area contributed by atoms with E-state index in [1.54, 1.807) is 12.1 Å². The van der Waals surface area contributed by atoms with Crippen LogP contribution in [0.25, 0.3) is 0 Å². The number of fused-ring (bicyclic) bond motifs is 1. The Morgan fingerprint density at radius 3 is 2.74 bits per heavy atom. The van der Waals surface area contributed by atoms with Gasteiger partial charge in [-0.05, 0) is 61.6 Å². The van der Waals surface area contributed by atoms with Crippen LogP contribution in [0.4, 0.5) is 0 Å². The molecule has 1 saturated carbocycles. The minimum atomic E-state index is 0.234. The third-order valence-electron chi connectivity index (χ3n) is 4.64. The van der Waals surface area contributed by atoms with E-state index in [1.807, 2.05) is 12.1 Å². The molecule has 3 rings (SSSR count). The lowest BCUT2D eigenvalue weighted by atomic mass is 9.72. The van der Waals surface area contributed by atoms with E-state index in [0.29, 0.717) is 24.1 Å². The normalized spacial score (nSPS) is 30.5. The molecule has 0 spiro atoms. The van der Waals surface area contributed by atoms with Crippen molar-refractivity contribution in [1.82, 2.24) is 5.32 Å². The summed E-state index contributed by atoms with van der Waals surface area (Å²) in [6.07, 6.45) is 6.40. The molecule has 3 nitrogen and oxygen atoms in total. The second-order valence-electron chi connectivity index (χ2n) is 6.02. The van der Waals surface area contributed by atoms with Crippen molar-refractivity contribution in [3.63, 3.8) is 0 Å². The average Bonchev–Trinajstić information content (AvgIpc) is 2.42. The number of benzene rings is 1. The summed E-state index contributed by atoms with van der Waals surface area (Å²) in [7, 11) is 0. The fourth-order valence-electron chi connectivity index (χ4n) is 3.62. The summed E-state index contributed by atoms with van der Waals surface area (Å²) in [5.74, 6) is 1.97. The van der Waals surface area contributed by atoms with Gasteiger partial charge in [0.05, 0.1) is 0 Å². The lowest BCUT2D eigenvalue weighted by Crippen LogP contribution is -2.47. The van der Waals surface area contributed by atoms with Crippen LogP contribution in [0, 0.1) is 11.8 Å². The predicted octanol–water partition coefficient (Wildman–Crippen LogP) is 2.63. The molecule has 2 N–H and O–H groups in total. The van der Waals surface area contributed by atoms with E-state index < -0.39 is 0 Å². The maximum absolute atomic E-state index is 11.4. The second kappa shape index (κ2) is 5.24. The Hall–Kier alpha value is -1.51. The number of carbonyl (C=O) groups excluding carboxylic acids is 1. The maximum atomic E-state index is 11.4. The fourth-order valence-corrected chi connectivity index (χ4v) is 3.62. The first kappa shape index (κ1) is 12.5. The lowest BCUT2D eigenvalue weighted by Gasteiger charge is -2.39. The summed E-state index contributed by atoms with van der Waals surface area (Å²) in [6.45, 7) is 0. The number of piperidine rings is 1. The molecule has 3 unspecified atom stereocenters. The largest absolute Gasteiger partial charge is 0.508 e. The van der Waals surface area contributed by atoms with Gasteiger partial charge in [0, 0.05) is 12.5 Å². The molecule has 1 aromatic carbocycles. The molecule has 1 aliphatic heterocycles. The minimum absolute atomic E-state index is 0.234. The summed E-state index contributed by atoms with van der Waals surface area (Å²) < 4.78 is 0.